The van der Waals surface area contributed by atoms with E-state index in [0.29, 0.717) is 13.1 Å². The number of hydrogen-bond acceptors (Lipinski definition) is 2. The lowest BCUT2D eigenvalue weighted by molar-refractivity contribution is 0.180. The van der Waals surface area contributed by atoms with Crippen LogP contribution in [0.15, 0.2) is 0 Å². The molecule has 0 aromatic carbocycles. The van der Waals surface area contributed by atoms with Gasteiger partial charge in [-0.2, -0.15) is 0 Å². The lowest BCUT2D eigenvalue weighted by Crippen LogP contribution is -2.23. The number of halogens is 1. The Morgan fingerprint density at radius 3 is 2.67 bits per heavy atom. The molecule has 9 heavy (non-hydrogen) atoms. The lowest BCUT2D eigenvalue weighted by atomic mass is 10.3. The van der Waals surface area contributed by atoms with Crippen molar-refractivity contribution in [2.45, 2.75) is 12.5 Å². The number of β-amino-alcohol motifs (C(OH)–C–C–N with tert-alkyl or cyclic N) is 1. The summed E-state index contributed by atoms with van der Waals surface area (Å²) in [6.45, 7) is 1.23. The van der Waals surface area contributed by atoms with Crippen LogP contribution < -0.4 is 0 Å². The molecule has 1 saturated heterocycles. The van der Waals surface area contributed by atoms with Crippen molar-refractivity contribution in [3.05, 3.63) is 0 Å². The summed E-state index contributed by atoms with van der Waals surface area (Å²) in [5, 5.41) is 8.95. The van der Waals surface area contributed by atoms with Crippen molar-refractivity contribution < 1.29 is 9.90 Å². The van der Waals surface area contributed by atoms with Crippen LogP contribution in [-0.2, 0) is 0 Å². The van der Waals surface area contributed by atoms with Gasteiger partial charge in [0.15, 0.2) is 0 Å². The Hall–Kier alpha value is 0.160. The number of aliphatic hydroxyl groups is 1. The predicted molar refractivity (Wildman–Crippen MR) is 41.6 cm³/mol. The number of aliphatic hydroxyl groups excluding tert-OH is 1. The molecule has 1 amide bonds. The monoisotopic (exact) mass is 241 g/mol. The summed E-state index contributed by atoms with van der Waals surface area (Å²) >= 11 is 1.73. The van der Waals surface area contributed by atoms with E-state index < -0.39 is 0 Å². The van der Waals surface area contributed by atoms with E-state index in [4.69, 9.17) is 5.11 Å². The Morgan fingerprint density at radius 1 is 1.78 bits per heavy atom. The van der Waals surface area contributed by atoms with Gasteiger partial charge in [0.25, 0.3) is 3.91 Å². The fraction of sp³-hybridized carbons (Fsp3) is 0.800. The van der Waals surface area contributed by atoms with Crippen LogP contribution in [-0.4, -0.2) is 33.1 Å². The van der Waals surface area contributed by atoms with Gasteiger partial charge < -0.3 is 10.0 Å². The molecule has 0 aromatic rings. The Kier molecular flexibility index (Phi) is 2.29. The van der Waals surface area contributed by atoms with Gasteiger partial charge in [-0.05, 0) is 6.42 Å². The molecule has 0 unspecified atom stereocenters. The van der Waals surface area contributed by atoms with Crippen molar-refractivity contribution in [2.24, 2.45) is 0 Å². The molecule has 1 aliphatic rings. The van der Waals surface area contributed by atoms with Crippen LogP contribution in [0, 0.1) is 0 Å². The predicted octanol–water partition coefficient (Wildman–Crippen LogP) is 0.608. The first kappa shape index (κ1) is 7.27. The Labute approximate surface area is 67.2 Å². The molecule has 0 bridgehead atoms. The smallest absolute Gasteiger partial charge is 0.283 e. The van der Waals surface area contributed by atoms with Gasteiger partial charge >= 0.3 is 0 Å². The molecule has 1 fully saturated rings. The van der Waals surface area contributed by atoms with E-state index in [-0.39, 0.29) is 10.0 Å². The molecule has 1 aliphatic heterocycles. The summed E-state index contributed by atoms with van der Waals surface area (Å²) in [5.41, 5.74) is 0. The number of likely N-dealkylation sites (tertiary alicyclic amines) is 1. The van der Waals surface area contributed by atoms with Gasteiger partial charge in [-0.15, -0.1) is 0 Å². The Bertz CT molecular complexity index is 128. The van der Waals surface area contributed by atoms with Crippen molar-refractivity contribution >= 4 is 26.5 Å². The zero-order valence-electron chi connectivity index (χ0n) is 4.88. The van der Waals surface area contributed by atoms with Gasteiger partial charge in [-0.1, -0.05) is 0 Å². The SMILES string of the molecule is O=C(I)N1CC[C@@H](O)C1. The molecule has 1 atom stereocenters. The largest absolute Gasteiger partial charge is 0.391 e. The molecule has 0 spiro atoms. The van der Waals surface area contributed by atoms with Crippen molar-refractivity contribution in [2.75, 3.05) is 13.1 Å². The highest BCUT2D eigenvalue weighted by Crippen LogP contribution is 2.11. The maximum Gasteiger partial charge on any atom is 0.283 e. The average molecular weight is 241 g/mol. The van der Waals surface area contributed by atoms with Crippen LogP contribution in [0.4, 0.5) is 4.79 Å². The highest BCUT2D eigenvalue weighted by atomic mass is 127. The first-order chi connectivity index (χ1) is 4.20. The average Bonchev–Trinajstić information content (AvgIpc) is 2.14. The van der Waals surface area contributed by atoms with Gasteiger partial charge in [0.05, 0.1) is 6.10 Å². The highest BCUT2D eigenvalue weighted by Gasteiger charge is 2.22. The zero-order valence-corrected chi connectivity index (χ0v) is 7.04. The topological polar surface area (TPSA) is 40.5 Å². The third-order valence-electron chi connectivity index (χ3n) is 1.41. The zero-order chi connectivity index (χ0) is 6.85. The number of carbonyl (C=O) groups is 1. The van der Waals surface area contributed by atoms with Crippen LogP contribution >= 0.6 is 22.6 Å². The molecule has 0 aliphatic carbocycles. The normalized spacial score (nSPS) is 26.9. The quantitative estimate of drug-likeness (QED) is 0.383. The number of rotatable bonds is 0. The molecule has 3 nitrogen and oxygen atoms in total. The van der Waals surface area contributed by atoms with Crippen molar-refractivity contribution in [1.82, 2.24) is 4.90 Å². The number of hydrogen-bond donors (Lipinski definition) is 1. The van der Waals surface area contributed by atoms with Crippen molar-refractivity contribution in [1.29, 1.82) is 0 Å². The van der Waals surface area contributed by atoms with Gasteiger partial charge in [0.1, 0.15) is 0 Å². The third-order valence-corrected chi connectivity index (χ3v) is 2.09. The second kappa shape index (κ2) is 2.83. The maximum atomic E-state index is 10.6. The van der Waals surface area contributed by atoms with Gasteiger partial charge in [-0.25, -0.2) is 0 Å². The van der Waals surface area contributed by atoms with E-state index in [1.165, 1.54) is 0 Å². The van der Waals surface area contributed by atoms with E-state index in [0.717, 1.165) is 6.42 Å². The summed E-state index contributed by atoms with van der Waals surface area (Å²) in [6, 6.07) is 0. The molecule has 1 rings (SSSR count). The minimum Gasteiger partial charge on any atom is -0.391 e. The molecule has 0 saturated carbocycles. The summed E-state index contributed by atoms with van der Waals surface area (Å²) in [5.74, 6) is 0. The van der Waals surface area contributed by atoms with E-state index in [1.54, 1.807) is 27.5 Å². The second-order valence-corrected chi connectivity index (χ2v) is 3.06. The van der Waals surface area contributed by atoms with Gasteiger partial charge in [-0.3, -0.25) is 4.79 Å². The molecular formula is C5H8INO2. The first-order valence-electron chi connectivity index (χ1n) is 2.82. The first-order valence-corrected chi connectivity index (χ1v) is 3.90. The summed E-state index contributed by atoms with van der Waals surface area (Å²) in [4.78, 5) is 12.2. The number of nitrogens with zero attached hydrogens (tertiary/aromatic N) is 1. The van der Waals surface area contributed by atoms with E-state index in [1.807, 2.05) is 0 Å². The Balaban J connectivity index is 2.39. The number of amides is 1. The summed E-state index contributed by atoms with van der Waals surface area (Å²) < 4.78 is 0.0316. The second-order valence-electron chi connectivity index (χ2n) is 2.14. The van der Waals surface area contributed by atoms with Crippen LogP contribution in [0.1, 0.15) is 6.42 Å². The maximum absolute atomic E-state index is 10.6. The van der Waals surface area contributed by atoms with E-state index >= 15 is 0 Å². The van der Waals surface area contributed by atoms with Crippen LogP contribution in [0.3, 0.4) is 0 Å². The fourth-order valence-electron chi connectivity index (χ4n) is 0.902. The number of carbonyl (C=O) groups excluding carboxylic acids is 1. The van der Waals surface area contributed by atoms with Crippen LogP contribution in [0.2, 0.25) is 0 Å². The standard InChI is InChI=1S/C5H8INO2/c6-5(9)7-2-1-4(8)3-7/h4,8H,1-3H2/t4-/m1/s1. The third kappa shape index (κ3) is 1.79. The molecule has 1 N–H and O–H groups in total. The van der Waals surface area contributed by atoms with E-state index in [9.17, 15) is 4.79 Å². The molecular weight excluding hydrogens is 233 g/mol. The van der Waals surface area contributed by atoms with Gasteiger partial charge in [0.2, 0.25) is 0 Å². The van der Waals surface area contributed by atoms with Gasteiger partial charge in [0, 0.05) is 35.7 Å². The molecule has 0 radical (unpaired) electrons. The minimum absolute atomic E-state index is 0.0316. The van der Waals surface area contributed by atoms with E-state index in [2.05, 4.69) is 0 Å². The highest BCUT2D eigenvalue weighted by molar-refractivity contribution is 14.1. The molecule has 52 valence electrons. The van der Waals surface area contributed by atoms with Crippen molar-refractivity contribution in [3.63, 3.8) is 0 Å². The van der Waals surface area contributed by atoms with Crippen LogP contribution in [0.25, 0.3) is 0 Å². The lowest BCUT2D eigenvalue weighted by Gasteiger charge is -2.09. The fourth-order valence-corrected chi connectivity index (χ4v) is 1.34. The molecule has 0 aromatic heterocycles. The molecule has 4 heteroatoms. The molecule has 1 heterocycles. The summed E-state index contributed by atoms with van der Waals surface area (Å²) in [7, 11) is 0. The Morgan fingerprint density at radius 2 is 2.44 bits per heavy atom. The summed E-state index contributed by atoms with van der Waals surface area (Å²) in [6.07, 6.45) is 0.443. The van der Waals surface area contributed by atoms with Crippen LogP contribution in [0.5, 0.6) is 0 Å². The van der Waals surface area contributed by atoms with Crippen molar-refractivity contribution in [3.8, 4) is 0 Å². The minimum atomic E-state index is -0.288.